The van der Waals surface area contributed by atoms with E-state index >= 15 is 0 Å². The van der Waals surface area contributed by atoms with E-state index in [-0.39, 0.29) is 17.0 Å². The fraction of sp³-hybridized carbons (Fsp3) is 0.950. The number of amides is 1. The van der Waals surface area contributed by atoms with Gasteiger partial charge in [-0.05, 0) is 39.5 Å². The van der Waals surface area contributed by atoms with Gasteiger partial charge in [0.15, 0.2) is 0 Å². The Kier molecular flexibility index (Phi) is 5.76. The molecule has 0 spiro atoms. The lowest BCUT2D eigenvalue weighted by molar-refractivity contribution is -0.133. The SMILES string of the molecule is CC1(C)CN(C2(CNC(=O)C3(N)CCCCC3)CCCCC2)CCO1. The first-order valence-corrected chi connectivity index (χ1v) is 10.3. The minimum atomic E-state index is -0.640. The molecule has 0 atom stereocenters. The van der Waals surface area contributed by atoms with Gasteiger partial charge in [0.1, 0.15) is 0 Å². The second-order valence-electron chi connectivity index (χ2n) is 9.21. The lowest BCUT2D eigenvalue weighted by Gasteiger charge is -2.52. The summed E-state index contributed by atoms with van der Waals surface area (Å²) in [5, 5.41) is 3.28. The van der Waals surface area contributed by atoms with Crippen LogP contribution in [0.3, 0.4) is 0 Å². The van der Waals surface area contributed by atoms with E-state index in [1.807, 2.05) is 0 Å². The average molecular weight is 352 g/mol. The normalized spacial score (nSPS) is 29.1. The third-order valence-electron chi connectivity index (χ3n) is 6.66. The van der Waals surface area contributed by atoms with E-state index in [1.165, 1.54) is 38.5 Å². The molecular weight excluding hydrogens is 314 g/mol. The highest BCUT2D eigenvalue weighted by atomic mass is 16.5. The summed E-state index contributed by atoms with van der Waals surface area (Å²) in [5.74, 6) is 0.0738. The smallest absolute Gasteiger partial charge is 0.240 e. The van der Waals surface area contributed by atoms with Crippen molar-refractivity contribution in [1.29, 1.82) is 0 Å². The van der Waals surface area contributed by atoms with Crippen molar-refractivity contribution >= 4 is 5.91 Å². The van der Waals surface area contributed by atoms with Gasteiger partial charge >= 0.3 is 0 Å². The van der Waals surface area contributed by atoms with E-state index in [9.17, 15) is 4.79 Å². The number of nitrogens with two attached hydrogens (primary N) is 1. The third-order valence-corrected chi connectivity index (χ3v) is 6.66. The van der Waals surface area contributed by atoms with E-state index in [4.69, 9.17) is 10.5 Å². The van der Waals surface area contributed by atoms with Crippen LogP contribution in [0.2, 0.25) is 0 Å². The van der Waals surface area contributed by atoms with Gasteiger partial charge in [-0.2, -0.15) is 0 Å². The molecule has 1 saturated heterocycles. The zero-order valence-electron chi connectivity index (χ0n) is 16.2. The molecule has 5 nitrogen and oxygen atoms in total. The first kappa shape index (κ1) is 19.1. The zero-order chi connectivity index (χ0) is 18.0. The number of carbonyl (C=O) groups excluding carboxylic acids is 1. The molecule has 1 aliphatic heterocycles. The van der Waals surface area contributed by atoms with Gasteiger partial charge in [-0.25, -0.2) is 0 Å². The van der Waals surface area contributed by atoms with Gasteiger partial charge in [-0.15, -0.1) is 0 Å². The molecule has 0 aromatic heterocycles. The van der Waals surface area contributed by atoms with Crippen molar-refractivity contribution in [2.24, 2.45) is 5.73 Å². The Bertz CT molecular complexity index is 466. The number of nitrogens with zero attached hydrogens (tertiary/aromatic N) is 1. The number of rotatable bonds is 4. The summed E-state index contributed by atoms with van der Waals surface area (Å²) in [6.07, 6.45) is 11.2. The molecule has 3 N–H and O–H groups in total. The zero-order valence-corrected chi connectivity index (χ0v) is 16.2. The van der Waals surface area contributed by atoms with E-state index in [0.717, 1.165) is 51.9 Å². The minimum Gasteiger partial charge on any atom is -0.373 e. The number of carbonyl (C=O) groups is 1. The molecule has 0 bridgehead atoms. The van der Waals surface area contributed by atoms with Crippen LogP contribution in [0.25, 0.3) is 0 Å². The molecule has 3 rings (SSSR count). The fourth-order valence-electron chi connectivity index (χ4n) is 5.07. The molecule has 144 valence electrons. The Morgan fingerprint density at radius 3 is 2.24 bits per heavy atom. The van der Waals surface area contributed by atoms with E-state index in [2.05, 4.69) is 24.1 Å². The van der Waals surface area contributed by atoms with Crippen LogP contribution < -0.4 is 11.1 Å². The number of hydrogen-bond donors (Lipinski definition) is 2. The first-order chi connectivity index (χ1) is 11.9. The molecule has 0 radical (unpaired) electrons. The predicted molar refractivity (Wildman–Crippen MR) is 100 cm³/mol. The molecule has 0 unspecified atom stereocenters. The molecule has 2 aliphatic carbocycles. The van der Waals surface area contributed by atoms with Crippen molar-refractivity contribution in [2.45, 2.75) is 94.7 Å². The van der Waals surface area contributed by atoms with Gasteiger partial charge in [-0.1, -0.05) is 38.5 Å². The summed E-state index contributed by atoms with van der Waals surface area (Å²) >= 11 is 0. The van der Waals surface area contributed by atoms with Crippen LogP contribution in [-0.2, 0) is 9.53 Å². The molecule has 5 heteroatoms. The van der Waals surface area contributed by atoms with Crippen LogP contribution >= 0.6 is 0 Å². The molecule has 1 amide bonds. The molecule has 0 aromatic rings. The summed E-state index contributed by atoms with van der Waals surface area (Å²) in [7, 11) is 0. The number of nitrogens with one attached hydrogen (secondary N) is 1. The molecule has 1 heterocycles. The van der Waals surface area contributed by atoms with Crippen LogP contribution in [0.15, 0.2) is 0 Å². The molecule has 25 heavy (non-hydrogen) atoms. The Hall–Kier alpha value is -0.650. The Morgan fingerprint density at radius 2 is 1.64 bits per heavy atom. The van der Waals surface area contributed by atoms with Crippen molar-refractivity contribution in [3.05, 3.63) is 0 Å². The molecule has 3 aliphatic rings. The van der Waals surface area contributed by atoms with Crippen molar-refractivity contribution < 1.29 is 9.53 Å². The van der Waals surface area contributed by atoms with Crippen molar-refractivity contribution in [3.8, 4) is 0 Å². The Labute approximate surface area is 153 Å². The van der Waals surface area contributed by atoms with Crippen LogP contribution in [0.4, 0.5) is 0 Å². The first-order valence-electron chi connectivity index (χ1n) is 10.3. The summed E-state index contributed by atoms with van der Waals surface area (Å²) in [6, 6.07) is 0. The van der Waals surface area contributed by atoms with Gasteiger partial charge in [0.2, 0.25) is 5.91 Å². The van der Waals surface area contributed by atoms with Gasteiger partial charge in [0.05, 0.1) is 17.7 Å². The van der Waals surface area contributed by atoms with E-state index < -0.39 is 5.54 Å². The number of hydrogen-bond acceptors (Lipinski definition) is 4. The summed E-state index contributed by atoms with van der Waals surface area (Å²) in [4.78, 5) is 15.4. The molecule has 2 saturated carbocycles. The monoisotopic (exact) mass is 351 g/mol. The van der Waals surface area contributed by atoms with E-state index in [0.29, 0.717) is 0 Å². The summed E-state index contributed by atoms with van der Waals surface area (Å²) in [5.41, 5.74) is 5.77. The predicted octanol–water partition coefficient (Wildman–Crippen LogP) is 2.58. The molecular formula is C20H37N3O2. The summed E-state index contributed by atoms with van der Waals surface area (Å²) in [6.45, 7) is 7.77. The Balaban J connectivity index is 1.67. The Morgan fingerprint density at radius 1 is 1.04 bits per heavy atom. The maximum absolute atomic E-state index is 12.8. The largest absolute Gasteiger partial charge is 0.373 e. The van der Waals surface area contributed by atoms with Gasteiger partial charge in [-0.3, -0.25) is 9.69 Å². The van der Waals surface area contributed by atoms with E-state index in [1.54, 1.807) is 0 Å². The van der Waals surface area contributed by atoms with Gasteiger partial charge < -0.3 is 15.8 Å². The highest BCUT2D eigenvalue weighted by molar-refractivity contribution is 5.86. The highest BCUT2D eigenvalue weighted by Gasteiger charge is 2.43. The van der Waals surface area contributed by atoms with Crippen molar-refractivity contribution in [2.75, 3.05) is 26.2 Å². The minimum absolute atomic E-state index is 0.0738. The van der Waals surface area contributed by atoms with Crippen LogP contribution in [0.1, 0.15) is 78.1 Å². The average Bonchev–Trinajstić information content (AvgIpc) is 2.60. The number of ether oxygens (including phenoxy) is 1. The second-order valence-corrected chi connectivity index (χ2v) is 9.21. The maximum atomic E-state index is 12.8. The van der Waals surface area contributed by atoms with Gasteiger partial charge in [0, 0.05) is 25.2 Å². The third kappa shape index (κ3) is 4.37. The molecule has 3 fully saturated rings. The quantitative estimate of drug-likeness (QED) is 0.817. The van der Waals surface area contributed by atoms with Crippen molar-refractivity contribution in [3.63, 3.8) is 0 Å². The van der Waals surface area contributed by atoms with Crippen LogP contribution in [0.5, 0.6) is 0 Å². The maximum Gasteiger partial charge on any atom is 0.240 e. The number of morpholine rings is 1. The lowest BCUT2D eigenvalue weighted by atomic mass is 9.78. The van der Waals surface area contributed by atoms with Crippen LogP contribution in [-0.4, -0.2) is 53.7 Å². The fourth-order valence-corrected chi connectivity index (χ4v) is 5.07. The van der Waals surface area contributed by atoms with Crippen molar-refractivity contribution in [1.82, 2.24) is 10.2 Å². The lowest BCUT2D eigenvalue weighted by Crippen LogP contribution is -2.65. The topological polar surface area (TPSA) is 67.6 Å². The highest BCUT2D eigenvalue weighted by Crippen LogP contribution is 2.36. The van der Waals surface area contributed by atoms with Crippen LogP contribution in [0, 0.1) is 0 Å². The molecule has 0 aromatic carbocycles. The summed E-state index contributed by atoms with van der Waals surface area (Å²) < 4.78 is 5.92. The standard InChI is InChI=1S/C20H37N3O2/c1-18(2)16-23(13-14-25-18)19(9-5-3-6-10-19)15-22-17(24)20(21)11-7-4-8-12-20/h3-16,21H2,1-2H3,(H,22,24). The van der Waals surface area contributed by atoms with Gasteiger partial charge in [0.25, 0.3) is 0 Å². The second kappa shape index (κ2) is 7.53.